The normalized spacial score (nSPS) is 11.9. The van der Waals surface area contributed by atoms with Crippen LogP contribution in [0.5, 0.6) is 0 Å². The van der Waals surface area contributed by atoms with Crippen LogP contribution in [0.25, 0.3) is 0 Å². The van der Waals surface area contributed by atoms with Gasteiger partial charge in [-0.3, -0.25) is 9.59 Å². The molecule has 156 valence electrons. The highest BCUT2D eigenvalue weighted by atomic mass is 35.5. The third kappa shape index (κ3) is 8.11. The van der Waals surface area contributed by atoms with Gasteiger partial charge in [-0.25, -0.2) is 0 Å². The predicted molar refractivity (Wildman–Crippen MR) is 122 cm³/mol. The van der Waals surface area contributed by atoms with Crippen LogP contribution in [-0.2, 0) is 21.9 Å². The first-order valence-electron chi connectivity index (χ1n) is 9.80. The van der Waals surface area contributed by atoms with Gasteiger partial charge in [0.1, 0.15) is 6.04 Å². The molecule has 1 N–H and O–H groups in total. The van der Waals surface area contributed by atoms with Gasteiger partial charge >= 0.3 is 0 Å². The third-order valence-corrected chi connectivity index (χ3v) is 5.70. The SMILES string of the molecule is CC(C)CNC(=O)C(C)N(Cc1ccccc1)C(=O)CSCc1ccc(Cl)cc1. The number of nitrogens with one attached hydrogen (secondary N) is 1. The minimum absolute atomic E-state index is 0.0417. The Morgan fingerprint density at radius 2 is 1.66 bits per heavy atom. The molecule has 1 unspecified atom stereocenters. The molecule has 0 bridgehead atoms. The minimum Gasteiger partial charge on any atom is -0.354 e. The summed E-state index contributed by atoms with van der Waals surface area (Å²) in [6.07, 6.45) is 0. The average molecular weight is 433 g/mol. The summed E-state index contributed by atoms with van der Waals surface area (Å²) >= 11 is 7.46. The van der Waals surface area contributed by atoms with E-state index in [1.54, 1.807) is 23.6 Å². The van der Waals surface area contributed by atoms with Crippen molar-refractivity contribution in [3.05, 3.63) is 70.7 Å². The average Bonchev–Trinajstić information content (AvgIpc) is 2.71. The highest BCUT2D eigenvalue weighted by molar-refractivity contribution is 7.99. The van der Waals surface area contributed by atoms with Crippen molar-refractivity contribution in [3.63, 3.8) is 0 Å². The van der Waals surface area contributed by atoms with Gasteiger partial charge in [0.05, 0.1) is 5.75 Å². The van der Waals surface area contributed by atoms with E-state index in [1.807, 2.05) is 68.4 Å². The molecule has 6 heteroatoms. The Kier molecular flexibility index (Phi) is 9.55. The lowest BCUT2D eigenvalue weighted by Crippen LogP contribution is -2.48. The van der Waals surface area contributed by atoms with Gasteiger partial charge in [0.25, 0.3) is 0 Å². The second-order valence-electron chi connectivity index (χ2n) is 7.44. The summed E-state index contributed by atoms with van der Waals surface area (Å²) in [4.78, 5) is 27.2. The van der Waals surface area contributed by atoms with E-state index in [0.29, 0.717) is 29.8 Å². The van der Waals surface area contributed by atoms with Crippen molar-refractivity contribution in [1.82, 2.24) is 10.2 Å². The molecule has 2 aromatic rings. The number of hydrogen-bond acceptors (Lipinski definition) is 3. The number of nitrogens with zero attached hydrogens (tertiary/aromatic N) is 1. The van der Waals surface area contributed by atoms with E-state index in [2.05, 4.69) is 5.32 Å². The van der Waals surface area contributed by atoms with E-state index in [0.717, 1.165) is 16.9 Å². The van der Waals surface area contributed by atoms with Gasteiger partial charge in [-0.1, -0.05) is 67.9 Å². The van der Waals surface area contributed by atoms with Crippen molar-refractivity contribution in [2.45, 2.75) is 39.1 Å². The predicted octanol–water partition coefficient (Wildman–Crippen LogP) is 4.76. The molecule has 29 heavy (non-hydrogen) atoms. The molecule has 2 rings (SSSR count). The monoisotopic (exact) mass is 432 g/mol. The van der Waals surface area contributed by atoms with Crippen LogP contribution in [0.1, 0.15) is 31.9 Å². The quantitative estimate of drug-likeness (QED) is 0.588. The number of rotatable bonds is 10. The van der Waals surface area contributed by atoms with Crippen LogP contribution in [0.3, 0.4) is 0 Å². The summed E-state index contributed by atoms with van der Waals surface area (Å²) in [6, 6.07) is 16.9. The van der Waals surface area contributed by atoms with E-state index < -0.39 is 6.04 Å². The molecule has 0 fully saturated rings. The molecule has 0 aromatic heterocycles. The molecule has 0 heterocycles. The second kappa shape index (κ2) is 11.9. The van der Waals surface area contributed by atoms with Crippen LogP contribution in [-0.4, -0.2) is 35.1 Å². The standard InChI is InChI=1S/C23H29ClN2O2S/c1-17(2)13-25-23(28)18(3)26(14-19-7-5-4-6-8-19)22(27)16-29-15-20-9-11-21(24)12-10-20/h4-12,17-18H,13-16H2,1-3H3,(H,25,28). The Morgan fingerprint density at radius 3 is 2.28 bits per heavy atom. The van der Waals surface area contributed by atoms with Gasteiger partial charge in [0, 0.05) is 23.9 Å². The largest absolute Gasteiger partial charge is 0.354 e. The van der Waals surface area contributed by atoms with E-state index in [9.17, 15) is 9.59 Å². The summed E-state index contributed by atoms with van der Waals surface area (Å²) in [7, 11) is 0. The van der Waals surface area contributed by atoms with Gasteiger partial charge in [-0.15, -0.1) is 11.8 Å². The zero-order valence-electron chi connectivity index (χ0n) is 17.2. The lowest BCUT2D eigenvalue weighted by atomic mass is 10.1. The van der Waals surface area contributed by atoms with Crippen LogP contribution < -0.4 is 5.32 Å². The zero-order chi connectivity index (χ0) is 21.2. The lowest BCUT2D eigenvalue weighted by Gasteiger charge is -2.29. The minimum atomic E-state index is -0.530. The molecular formula is C23H29ClN2O2S. The molecule has 2 aromatic carbocycles. The molecule has 0 radical (unpaired) electrons. The number of hydrogen-bond donors (Lipinski definition) is 1. The Bertz CT molecular complexity index is 781. The van der Waals surface area contributed by atoms with Crippen LogP contribution in [0.15, 0.2) is 54.6 Å². The topological polar surface area (TPSA) is 49.4 Å². The molecular weight excluding hydrogens is 404 g/mol. The first kappa shape index (κ1) is 23.3. The Hall–Kier alpha value is -1.98. The molecule has 0 aliphatic rings. The summed E-state index contributed by atoms with van der Waals surface area (Å²) in [5, 5.41) is 3.64. The van der Waals surface area contributed by atoms with E-state index in [4.69, 9.17) is 11.6 Å². The maximum Gasteiger partial charge on any atom is 0.242 e. The fourth-order valence-corrected chi connectivity index (χ4v) is 3.73. The molecule has 0 spiro atoms. The van der Waals surface area contributed by atoms with Crippen molar-refractivity contribution >= 4 is 35.2 Å². The number of thioether (sulfide) groups is 1. The van der Waals surface area contributed by atoms with Gasteiger partial charge in [-0.2, -0.15) is 0 Å². The smallest absolute Gasteiger partial charge is 0.242 e. The van der Waals surface area contributed by atoms with Crippen LogP contribution in [0.4, 0.5) is 0 Å². The van der Waals surface area contributed by atoms with Gasteiger partial charge in [-0.05, 0) is 36.1 Å². The number of halogens is 1. The summed E-state index contributed by atoms with van der Waals surface area (Å²) in [5.74, 6) is 1.23. The van der Waals surface area contributed by atoms with E-state index in [1.165, 1.54) is 0 Å². The third-order valence-electron chi connectivity index (χ3n) is 4.46. The molecule has 1 atom stereocenters. The number of carbonyl (C=O) groups is 2. The first-order chi connectivity index (χ1) is 13.9. The molecule has 0 aliphatic heterocycles. The molecule has 4 nitrogen and oxygen atoms in total. The second-order valence-corrected chi connectivity index (χ2v) is 8.86. The van der Waals surface area contributed by atoms with Crippen LogP contribution in [0.2, 0.25) is 5.02 Å². The van der Waals surface area contributed by atoms with Crippen molar-refractivity contribution in [3.8, 4) is 0 Å². The van der Waals surface area contributed by atoms with Gasteiger partial charge < -0.3 is 10.2 Å². The Morgan fingerprint density at radius 1 is 1.00 bits per heavy atom. The lowest BCUT2D eigenvalue weighted by molar-refractivity contribution is -0.138. The van der Waals surface area contributed by atoms with Crippen molar-refractivity contribution in [1.29, 1.82) is 0 Å². The Labute approximate surface area is 183 Å². The maximum atomic E-state index is 13.0. The van der Waals surface area contributed by atoms with Crippen LogP contribution in [0, 0.1) is 5.92 Å². The number of benzene rings is 2. The number of carbonyl (C=O) groups excluding carboxylic acids is 2. The molecule has 0 saturated heterocycles. The fraction of sp³-hybridized carbons (Fsp3) is 0.391. The van der Waals surface area contributed by atoms with E-state index in [-0.39, 0.29) is 11.8 Å². The van der Waals surface area contributed by atoms with Crippen molar-refractivity contribution in [2.75, 3.05) is 12.3 Å². The maximum absolute atomic E-state index is 13.0. The van der Waals surface area contributed by atoms with Gasteiger partial charge in [0.15, 0.2) is 0 Å². The highest BCUT2D eigenvalue weighted by Crippen LogP contribution is 2.17. The van der Waals surface area contributed by atoms with Crippen molar-refractivity contribution < 1.29 is 9.59 Å². The number of amides is 2. The highest BCUT2D eigenvalue weighted by Gasteiger charge is 2.26. The molecule has 2 amide bonds. The first-order valence-corrected chi connectivity index (χ1v) is 11.3. The zero-order valence-corrected chi connectivity index (χ0v) is 18.8. The summed E-state index contributed by atoms with van der Waals surface area (Å²) < 4.78 is 0. The van der Waals surface area contributed by atoms with Crippen LogP contribution >= 0.6 is 23.4 Å². The molecule has 0 aliphatic carbocycles. The van der Waals surface area contributed by atoms with Gasteiger partial charge in [0.2, 0.25) is 11.8 Å². The van der Waals surface area contributed by atoms with Crippen molar-refractivity contribution in [2.24, 2.45) is 5.92 Å². The summed E-state index contributed by atoms with van der Waals surface area (Å²) in [6.45, 7) is 6.90. The fourth-order valence-electron chi connectivity index (χ4n) is 2.73. The Balaban J connectivity index is 2.01. The molecule has 0 saturated carbocycles. The summed E-state index contributed by atoms with van der Waals surface area (Å²) in [5.41, 5.74) is 2.12. The van der Waals surface area contributed by atoms with E-state index >= 15 is 0 Å².